The first kappa shape index (κ1) is 18.9. The molecule has 1 aliphatic heterocycles. The molecule has 0 bridgehead atoms. The minimum Gasteiger partial charge on any atom is -0.369 e. The van der Waals surface area contributed by atoms with Crippen molar-refractivity contribution in [1.82, 2.24) is 0 Å². The van der Waals surface area contributed by atoms with E-state index in [-0.39, 0.29) is 12.0 Å². The second kappa shape index (κ2) is 6.68. The molecule has 0 aromatic heterocycles. The number of hydrogen-bond donors (Lipinski definition) is 1. The largest absolute Gasteiger partial charge is 0.419 e. The molecule has 0 spiro atoms. The van der Waals surface area contributed by atoms with Crippen molar-refractivity contribution in [3.63, 3.8) is 0 Å². The van der Waals surface area contributed by atoms with Gasteiger partial charge in [-0.3, -0.25) is 9.59 Å². The Morgan fingerprint density at radius 3 is 2.44 bits per heavy atom. The highest BCUT2D eigenvalue weighted by Gasteiger charge is 2.38. The molecular formula is C19H16F4N2O2. The Balaban J connectivity index is 2.07. The van der Waals surface area contributed by atoms with Crippen LogP contribution in [-0.4, -0.2) is 17.9 Å². The average Bonchev–Trinajstić information content (AvgIpc) is 2.59. The zero-order valence-electron chi connectivity index (χ0n) is 14.3. The van der Waals surface area contributed by atoms with Gasteiger partial charge in [0.1, 0.15) is 5.82 Å². The fourth-order valence-electron chi connectivity index (χ4n) is 3.41. The van der Waals surface area contributed by atoms with Crippen LogP contribution in [0.15, 0.2) is 42.5 Å². The van der Waals surface area contributed by atoms with Gasteiger partial charge in [0.15, 0.2) is 0 Å². The van der Waals surface area contributed by atoms with E-state index in [0.29, 0.717) is 23.4 Å². The van der Waals surface area contributed by atoms with Gasteiger partial charge in [0, 0.05) is 17.3 Å². The molecule has 27 heavy (non-hydrogen) atoms. The smallest absolute Gasteiger partial charge is 0.369 e. The molecule has 2 amide bonds. The summed E-state index contributed by atoms with van der Waals surface area (Å²) in [4.78, 5) is 26.0. The molecule has 1 aliphatic rings. The van der Waals surface area contributed by atoms with Crippen LogP contribution in [0.5, 0.6) is 0 Å². The number of nitrogens with two attached hydrogens (primary N) is 1. The van der Waals surface area contributed by atoms with Gasteiger partial charge in [-0.15, -0.1) is 0 Å². The molecule has 2 N–H and O–H groups in total. The average molecular weight is 380 g/mol. The second-order valence-corrected chi connectivity index (χ2v) is 6.47. The molecule has 0 fully saturated rings. The summed E-state index contributed by atoms with van der Waals surface area (Å²) in [5.41, 5.74) is 4.61. The van der Waals surface area contributed by atoms with Gasteiger partial charge in [-0.2, -0.15) is 13.2 Å². The molecular weight excluding hydrogens is 364 g/mol. The maximum Gasteiger partial charge on any atom is 0.419 e. The lowest BCUT2D eigenvalue weighted by Crippen LogP contribution is -2.45. The number of rotatable bonds is 2. The van der Waals surface area contributed by atoms with Gasteiger partial charge in [-0.25, -0.2) is 4.39 Å². The first-order chi connectivity index (χ1) is 12.6. The van der Waals surface area contributed by atoms with Crippen molar-refractivity contribution in [2.75, 3.05) is 4.90 Å². The normalized spacial score (nSPS) is 19.5. The molecule has 2 aromatic carbocycles. The molecule has 0 radical (unpaired) electrons. The number of carbonyl (C=O) groups excluding carboxylic acids is 2. The van der Waals surface area contributed by atoms with E-state index in [0.717, 1.165) is 6.07 Å². The maximum atomic E-state index is 13.5. The second-order valence-electron chi connectivity index (χ2n) is 6.47. The summed E-state index contributed by atoms with van der Waals surface area (Å²) in [5, 5.41) is 0. The highest BCUT2D eigenvalue weighted by molar-refractivity contribution is 6.08. The van der Waals surface area contributed by atoms with E-state index in [9.17, 15) is 27.2 Å². The molecule has 4 nitrogen and oxygen atoms in total. The summed E-state index contributed by atoms with van der Waals surface area (Å²) >= 11 is 0. The highest BCUT2D eigenvalue weighted by atomic mass is 19.4. The standard InChI is InChI=1S/C19H16F4N2O2/c1-10-8-13(17(24)26)12-4-2-3-5-16(12)25(10)18(27)11-6-7-15(20)14(9-11)19(21,22)23/h2-7,9-10,13H,8H2,1H3,(H2,24,26). The minimum atomic E-state index is -4.91. The van der Waals surface area contributed by atoms with Crippen molar-refractivity contribution in [3.8, 4) is 0 Å². The lowest BCUT2D eigenvalue weighted by atomic mass is 9.85. The number of nitrogens with zero attached hydrogens (tertiary/aromatic N) is 1. The first-order valence-electron chi connectivity index (χ1n) is 8.19. The van der Waals surface area contributed by atoms with Crippen molar-refractivity contribution in [1.29, 1.82) is 0 Å². The van der Waals surface area contributed by atoms with Crippen LogP contribution in [-0.2, 0) is 11.0 Å². The molecule has 2 aromatic rings. The molecule has 0 saturated carbocycles. The maximum absolute atomic E-state index is 13.5. The quantitative estimate of drug-likeness (QED) is 0.805. The molecule has 0 aliphatic carbocycles. The van der Waals surface area contributed by atoms with Gasteiger partial charge in [-0.1, -0.05) is 18.2 Å². The van der Waals surface area contributed by atoms with Gasteiger partial charge < -0.3 is 10.6 Å². The Kier molecular flexibility index (Phi) is 4.67. The third-order valence-corrected chi connectivity index (χ3v) is 4.67. The van der Waals surface area contributed by atoms with E-state index in [1.807, 2.05) is 0 Å². The fourth-order valence-corrected chi connectivity index (χ4v) is 3.41. The number of fused-ring (bicyclic) bond motifs is 1. The van der Waals surface area contributed by atoms with Crippen LogP contribution >= 0.6 is 0 Å². The number of carbonyl (C=O) groups is 2. The van der Waals surface area contributed by atoms with Gasteiger partial charge in [0.05, 0.1) is 11.5 Å². The molecule has 3 rings (SSSR count). The number of primary amides is 1. The third kappa shape index (κ3) is 3.39. The van der Waals surface area contributed by atoms with Crippen LogP contribution in [0.2, 0.25) is 0 Å². The zero-order chi connectivity index (χ0) is 19.9. The van der Waals surface area contributed by atoms with Crippen LogP contribution in [0, 0.1) is 5.82 Å². The van der Waals surface area contributed by atoms with E-state index in [1.54, 1.807) is 31.2 Å². The lowest BCUT2D eigenvalue weighted by Gasteiger charge is -2.38. The molecule has 2 unspecified atom stereocenters. The molecule has 1 heterocycles. The van der Waals surface area contributed by atoms with Gasteiger partial charge in [-0.05, 0) is 43.2 Å². The van der Waals surface area contributed by atoms with Gasteiger partial charge in [0.25, 0.3) is 5.91 Å². The Labute approximate surface area is 152 Å². The van der Waals surface area contributed by atoms with Crippen molar-refractivity contribution >= 4 is 17.5 Å². The number of hydrogen-bond acceptors (Lipinski definition) is 2. The van der Waals surface area contributed by atoms with E-state index < -0.39 is 41.3 Å². The number of benzene rings is 2. The summed E-state index contributed by atoms with van der Waals surface area (Å²) in [6.45, 7) is 1.68. The van der Waals surface area contributed by atoms with Crippen LogP contribution in [0.25, 0.3) is 0 Å². The topological polar surface area (TPSA) is 63.4 Å². The first-order valence-corrected chi connectivity index (χ1v) is 8.19. The SMILES string of the molecule is CC1CC(C(N)=O)c2ccccc2N1C(=O)c1ccc(F)c(C(F)(F)F)c1. The highest BCUT2D eigenvalue weighted by Crippen LogP contribution is 2.39. The summed E-state index contributed by atoms with van der Waals surface area (Å²) in [7, 11) is 0. The van der Waals surface area contributed by atoms with Crippen LogP contribution in [0.1, 0.15) is 40.7 Å². The summed E-state index contributed by atoms with van der Waals surface area (Å²) in [6.07, 6.45) is -4.67. The van der Waals surface area contributed by atoms with E-state index >= 15 is 0 Å². The molecule has 2 atom stereocenters. The predicted octanol–water partition coefficient (Wildman–Crippen LogP) is 3.85. The van der Waals surface area contributed by atoms with E-state index in [1.165, 1.54) is 4.90 Å². The van der Waals surface area contributed by atoms with Crippen LogP contribution in [0.4, 0.5) is 23.2 Å². The monoisotopic (exact) mass is 380 g/mol. The van der Waals surface area contributed by atoms with Crippen molar-refractivity contribution in [3.05, 3.63) is 65.0 Å². The van der Waals surface area contributed by atoms with Gasteiger partial charge in [0.2, 0.25) is 5.91 Å². The summed E-state index contributed by atoms with van der Waals surface area (Å²) in [6, 6.07) is 8.27. The molecule has 142 valence electrons. The van der Waals surface area contributed by atoms with Crippen molar-refractivity contribution in [2.45, 2.75) is 31.5 Å². The van der Waals surface area contributed by atoms with Crippen molar-refractivity contribution in [2.24, 2.45) is 5.73 Å². The van der Waals surface area contributed by atoms with Crippen molar-refractivity contribution < 1.29 is 27.2 Å². The predicted molar refractivity (Wildman–Crippen MR) is 90.7 cm³/mol. The number of anilines is 1. The number of amides is 2. The van der Waals surface area contributed by atoms with Crippen LogP contribution in [0.3, 0.4) is 0 Å². The Morgan fingerprint density at radius 1 is 1.15 bits per heavy atom. The lowest BCUT2D eigenvalue weighted by molar-refractivity contribution is -0.140. The number of para-hydroxylation sites is 1. The minimum absolute atomic E-state index is 0.241. The number of halogens is 4. The Hall–Kier alpha value is -2.90. The molecule has 0 saturated heterocycles. The third-order valence-electron chi connectivity index (χ3n) is 4.67. The number of alkyl halides is 3. The van der Waals surface area contributed by atoms with E-state index in [4.69, 9.17) is 5.73 Å². The fraction of sp³-hybridized carbons (Fsp3) is 0.263. The van der Waals surface area contributed by atoms with Gasteiger partial charge >= 0.3 is 6.18 Å². The Morgan fingerprint density at radius 2 is 1.81 bits per heavy atom. The zero-order valence-corrected chi connectivity index (χ0v) is 14.3. The summed E-state index contributed by atoms with van der Waals surface area (Å²) in [5.74, 6) is -3.29. The summed E-state index contributed by atoms with van der Waals surface area (Å²) < 4.78 is 52.5. The molecule has 8 heteroatoms. The van der Waals surface area contributed by atoms with Crippen LogP contribution < -0.4 is 10.6 Å². The van der Waals surface area contributed by atoms with E-state index in [2.05, 4.69) is 0 Å². The Bertz CT molecular complexity index is 911.